The lowest BCUT2D eigenvalue weighted by Crippen LogP contribution is -2.35. The smallest absolute Gasteiger partial charge is 0.264 e. The minimum Gasteiger partial charge on any atom is -0.351 e. The number of rotatable bonds is 9. The number of pyridine rings is 1. The lowest BCUT2D eigenvalue weighted by atomic mass is 9.91. The summed E-state index contributed by atoms with van der Waals surface area (Å²) in [5.41, 5.74) is 2.52. The second-order valence-corrected chi connectivity index (χ2v) is 10.8. The number of nitrogens with one attached hydrogen (secondary N) is 3. The molecular formula is C26H31ClN6O2S. The summed E-state index contributed by atoms with van der Waals surface area (Å²) in [5.74, 6) is 0.887. The van der Waals surface area contributed by atoms with E-state index in [1.165, 1.54) is 12.1 Å². The molecule has 8 nitrogen and oxygen atoms in total. The minimum absolute atomic E-state index is 0.0130. The highest BCUT2D eigenvalue weighted by Gasteiger charge is 2.20. The third kappa shape index (κ3) is 6.60. The summed E-state index contributed by atoms with van der Waals surface area (Å²) in [6.45, 7) is 1.97. The van der Waals surface area contributed by atoms with Crippen LogP contribution in [0, 0.1) is 0 Å². The average molecular weight is 527 g/mol. The molecule has 10 heteroatoms. The highest BCUT2D eigenvalue weighted by atomic mass is 35.5. The van der Waals surface area contributed by atoms with Gasteiger partial charge in [0.25, 0.3) is 10.0 Å². The fraction of sp³-hybridized carbons (Fsp3) is 0.346. The number of hydrogen-bond donors (Lipinski definition) is 3. The van der Waals surface area contributed by atoms with Gasteiger partial charge in [-0.15, -0.1) is 0 Å². The van der Waals surface area contributed by atoms with Crippen molar-refractivity contribution in [2.45, 2.75) is 56.0 Å². The van der Waals surface area contributed by atoms with Crippen molar-refractivity contribution >= 4 is 45.5 Å². The normalized spacial score (nSPS) is 18.3. The third-order valence-electron chi connectivity index (χ3n) is 6.31. The first-order chi connectivity index (χ1) is 17.4. The monoisotopic (exact) mass is 526 g/mol. The summed E-state index contributed by atoms with van der Waals surface area (Å²) in [5, 5.41) is 6.94. The van der Waals surface area contributed by atoms with Gasteiger partial charge in [0.2, 0.25) is 5.95 Å². The van der Waals surface area contributed by atoms with Crippen LogP contribution in [0.5, 0.6) is 0 Å². The van der Waals surface area contributed by atoms with Crippen LogP contribution in [0.2, 0.25) is 5.02 Å². The molecule has 0 unspecified atom stereocenters. The summed E-state index contributed by atoms with van der Waals surface area (Å²) >= 11 is 6.06. The van der Waals surface area contributed by atoms with Crippen molar-refractivity contribution in [2.24, 2.45) is 0 Å². The van der Waals surface area contributed by atoms with E-state index in [2.05, 4.69) is 30.3 Å². The lowest BCUT2D eigenvalue weighted by Gasteiger charge is -2.28. The van der Waals surface area contributed by atoms with Crippen LogP contribution in [0.25, 0.3) is 12.2 Å². The summed E-state index contributed by atoms with van der Waals surface area (Å²) in [6, 6.07) is 10.8. The van der Waals surface area contributed by atoms with Crippen molar-refractivity contribution in [3.8, 4) is 0 Å². The predicted molar refractivity (Wildman–Crippen MR) is 146 cm³/mol. The van der Waals surface area contributed by atoms with Crippen molar-refractivity contribution in [3.63, 3.8) is 0 Å². The molecule has 2 heterocycles. The van der Waals surface area contributed by atoms with E-state index in [1.54, 1.807) is 30.6 Å². The van der Waals surface area contributed by atoms with Crippen LogP contribution < -0.4 is 15.4 Å². The maximum Gasteiger partial charge on any atom is 0.264 e. The summed E-state index contributed by atoms with van der Waals surface area (Å²) in [7, 11) is -1.83. The van der Waals surface area contributed by atoms with Gasteiger partial charge >= 0.3 is 0 Å². The van der Waals surface area contributed by atoms with Gasteiger partial charge in [-0.25, -0.2) is 23.4 Å². The van der Waals surface area contributed by atoms with E-state index in [4.69, 9.17) is 11.6 Å². The molecule has 190 valence electrons. The largest absolute Gasteiger partial charge is 0.351 e. The molecule has 0 radical (unpaired) electrons. The summed E-state index contributed by atoms with van der Waals surface area (Å²) < 4.78 is 28.0. The van der Waals surface area contributed by atoms with E-state index < -0.39 is 10.0 Å². The van der Waals surface area contributed by atoms with Crippen LogP contribution in [0.1, 0.15) is 49.4 Å². The number of anilines is 2. The Balaban J connectivity index is 1.41. The predicted octanol–water partition coefficient (Wildman–Crippen LogP) is 5.00. The fourth-order valence-electron chi connectivity index (χ4n) is 4.25. The fourth-order valence-corrected chi connectivity index (χ4v) is 5.77. The molecule has 3 aromatic rings. The molecule has 1 aromatic carbocycles. The van der Waals surface area contributed by atoms with Gasteiger partial charge in [0, 0.05) is 35.7 Å². The molecule has 0 bridgehead atoms. The first kappa shape index (κ1) is 26.1. The molecule has 36 heavy (non-hydrogen) atoms. The van der Waals surface area contributed by atoms with E-state index in [0.29, 0.717) is 24.5 Å². The van der Waals surface area contributed by atoms with E-state index in [-0.39, 0.29) is 15.7 Å². The molecule has 0 spiro atoms. The molecule has 0 amide bonds. The van der Waals surface area contributed by atoms with Gasteiger partial charge in [-0.1, -0.05) is 42.8 Å². The SMILES string of the molecule is CCc1nc(NS(=O)(=O)c2ccccc2Cl)ccc1/C=C/c1cnc(NC2CCC(NC)CC2)nc1. The molecule has 2 aromatic heterocycles. The maximum atomic E-state index is 12.7. The zero-order chi connectivity index (χ0) is 25.5. The average Bonchev–Trinajstić information content (AvgIpc) is 2.89. The number of benzene rings is 1. The second-order valence-electron chi connectivity index (χ2n) is 8.78. The quantitative estimate of drug-likeness (QED) is 0.360. The molecule has 0 atom stereocenters. The van der Waals surface area contributed by atoms with Crippen molar-refractivity contribution in [1.29, 1.82) is 0 Å². The number of sulfonamides is 1. The molecule has 4 rings (SSSR count). The highest BCUT2D eigenvalue weighted by molar-refractivity contribution is 7.92. The standard InChI is InChI=1S/C26H31ClN6O2S/c1-3-23-19(10-15-25(32-23)33-36(34,35)24-7-5-4-6-22(24)27)9-8-18-16-29-26(30-17-18)31-21-13-11-20(28-2)12-14-21/h4-10,15-17,20-21,28H,3,11-14H2,1-2H3,(H,32,33)(H,29,30,31)/b9-8+. The molecular weight excluding hydrogens is 496 g/mol. The van der Waals surface area contributed by atoms with Crippen LogP contribution in [0.4, 0.5) is 11.8 Å². The van der Waals surface area contributed by atoms with E-state index >= 15 is 0 Å². The van der Waals surface area contributed by atoms with Crippen LogP contribution in [0.3, 0.4) is 0 Å². The van der Waals surface area contributed by atoms with Crippen molar-refractivity contribution in [2.75, 3.05) is 17.1 Å². The second kappa shape index (κ2) is 11.8. The Morgan fingerprint density at radius 1 is 1.00 bits per heavy atom. The van der Waals surface area contributed by atoms with Gasteiger partial charge in [-0.2, -0.15) is 0 Å². The molecule has 1 aliphatic rings. The van der Waals surface area contributed by atoms with Gasteiger partial charge in [0.15, 0.2) is 0 Å². The van der Waals surface area contributed by atoms with Crippen LogP contribution in [-0.4, -0.2) is 42.5 Å². The third-order valence-corrected chi connectivity index (χ3v) is 8.16. The highest BCUT2D eigenvalue weighted by Crippen LogP contribution is 2.24. The maximum absolute atomic E-state index is 12.7. The van der Waals surface area contributed by atoms with Crippen LogP contribution in [-0.2, 0) is 16.4 Å². The Labute approximate surface area is 217 Å². The summed E-state index contributed by atoms with van der Waals surface area (Å²) in [4.78, 5) is 13.4. The van der Waals surface area contributed by atoms with Gasteiger partial charge in [0.05, 0.1) is 5.02 Å². The Morgan fingerprint density at radius 3 is 2.36 bits per heavy atom. The van der Waals surface area contributed by atoms with Crippen LogP contribution in [0.15, 0.2) is 53.7 Å². The Bertz CT molecular complexity index is 1310. The van der Waals surface area contributed by atoms with Crippen molar-refractivity contribution in [1.82, 2.24) is 20.3 Å². The van der Waals surface area contributed by atoms with E-state index in [9.17, 15) is 8.42 Å². The van der Waals surface area contributed by atoms with Gasteiger partial charge in [-0.3, -0.25) is 4.72 Å². The number of halogens is 1. The first-order valence-electron chi connectivity index (χ1n) is 12.1. The minimum atomic E-state index is -3.84. The lowest BCUT2D eigenvalue weighted by molar-refractivity contribution is 0.370. The van der Waals surface area contributed by atoms with E-state index in [1.807, 2.05) is 32.2 Å². The first-order valence-corrected chi connectivity index (χ1v) is 13.9. The van der Waals surface area contributed by atoms with Gasteiger partial charge in [-0.05, 0) is 69.0 Å². The molecule has 3 N–H and O–H groups in total. The Hall–Kier alpha value is -3.01. The molecule has 1 aliphatic carbocycles. The Kier molecular flexibility index (Phi) is 8.56. The molecule has 0 aliphatic heterocycles. The zero-order valence-electron chi connectivity index (χ0n) is 20.4. The Morgan fingerprint density at radius 2 is 1.69 bits per heavy atom. The topological polar surface area (TPSA) is 109 Å². The molecule has 0 saturated heterocycles. The molecule has 1 fully saturated rings. The van der Waals surface area contributed by atoms with Crippen molar-refractivity contribution in [3.05, 3.63) is 70.6 Å². The van der Waals surface area contributed by atoms with Crippen LogP contribution >= 0.6 is 11.6 Å². The van der Waals surface area contributed by atoms with Gasteiger partial charge < -0.3 is 10.6 Å². The number of aryl methyl sites for hydroxylation is 1. The summed E-state index contributed by atoms with van der Waals surface area (Å²) in [6.07, 6.45) is 12.6. The number of nitrogens with zero attached hydrogens (tertiary/aromatic N) is 3. The number of aromatic nitrogens is 3. The van der Waals surface area contributed by atoms with Crippen molar-refractivity contribution < 1.29 is 8.42 Å². The zero-order valence-corrected chi connectivity index (χ0v) is 22.0. The van der Waals surface area contributed by atoms with Gasteiger partial charge in [0.1, 0.15) is 10.7 Å². The molecule has 1 saturated carbocycles. The number of hydrogen-bond acceptors (Lipinski definition) is 7. The van der Waals surface area contributed by atoms with E-state index in [0.717, 1.165) is 42.5 Å².